The van der Waals surface area contributed by atoms with Crippen LogP contribution in [0.1, 0.15) is 0 Å². The van der Waals surface area contributed by atoms with Crippen molar-refractivity contribution in [2.75, 3.05) is 32.0 Å². The first-order valence-electron chi connectivity index (χ1n) is 5.02. The average molecular weight is 264 g/mol. The molecule has 0 aromatic heterocycles. The van der Waals surface area contributed by atoms with Crippen LogP contribution in [0.4, 0.5) is 10.1 Å². The van der Waals surface area contributed by atoms with Crippen LogP contribution in [0.3, 0.4) is 0 Å². The van der Waals surface area contributed by atoms with E-state index >= 15 is 0 Å². The molecule has 0 radical (unpaired) electrons. The molecule has 0 spiro atoms. The molecule has 1 atom stereocenters. The van der Waals surface area contributed by atoms with Crippen LogP contribution in [-0.2, 0) is 0 Å². The quantitative estimate of drug-likeness (QED) is 0.769. The van der Waals surface area contributed by atoms with E-state index in [0.717, 1.165) is 0 Å². The number of aliphatic hydroxyl groups excluding tert-OH is 1. The van der Waals surface area contributed by atoms with Crippen molar-refractivity contribution in [2.24, 2.45) is 0 Å². The van der Waals surface area contributed by atoms with Crippen LogP contribution in [-0.4, -0.2) is 37.9 Å². The molecule has 1 rings (SSSR count). The summed E-state index contributed by atoms with van der Waals surface area (Å²) in [7, 11) is 2.74. The van der Waals surface area contributed by atoms with E-state index in [1.165, 1.54) is 20.3 Å². The van der Waals surface area contributed by atoms with Crippen LogP contribution in [0.25, 0.3) is 0 Å². The number of nitrogens with one attached hydrogen (secondary N) is 1. The summed E-state index contributed by atoms with van der Waals surface area (Å²) in [6.07, 6.45) is -0.702. The van der Waals surface area contributed by atoms with Gasteiger partial charge in [-0.05, 0) is 12.1 Å². The highest BCUT2D eigenvalue weighted by Crippen LogP contribution is 2.33. The summed E-state index contributed by atoms with van der Waals surface area (Å²) < 4.78 is 23.5. The van der Waals surface area contributed by atoms with Gasteiger partial charge in [-0.25, -0.2) is 0 Å². The van der Waals surface area contributed by atoms with Gasteiger partial charge in [0.25, 0.3) is 0 Å². The van der Waals surface area contributed by atoms with Gasteiger partial charge in [0.05, 0.1) is 31.9 Å². The number of alkyl halides is 1. The highest BCUT2D eigenvalue weighted by molar-refractivity contribution is 6.18. The van der Waals surface area contributed by atoms with E-state index in [2.05, 4.69) is 5.32 Å². The Labute approximate surface area is 104 Å². The van der Waals surface area contributed by atoms with Crippen molar-refractivity contribution >= 4 is 17.3 Å². The zero-order valence-corrected chi connectivity index (χ0v) is 10.4. The van der Waals surface area contributed by atoms with E-state index in [9.17, 15) is 9.50 Å². The fourth-order valence-electron chi connectivity index (χ4n) is 1.32. The summed E-state index contributed by atoms with van der Waals surface area (Å²) in [6.45, 7) is 0.214. The number of benzene rings is 1. The summed E-state index contributed by atoms with van der Waals surface area (Å²) in [6, 6.07) is 3.09. The van der Waals surface area contributed by atoms with Crippen LogP contribution in [0, 0.1) is 5.82 Å². The summed E-state index contributed by atoms with van der Waals surface area (Å²) >= 11 is 5.46. The van der Waals surface area contributed by atoms with Crippen molar-refractivity contribution < 1.29 is 19.0 Å². The zero-order valence-electron chi connectivity index (χ0n) is 9.67. The Morgan fingerprint density at radius 3 is 2.65 bits per heavy atom. The van der Waals surface area contributed by atoms with Crippen molar-refractivity contribution in [2.45, 2.75) is 6.10 Å². The molecule has 17 heavy (non-hydrogen) atoms. The minimum Gasteiger partial charge on any atom is -0.494 e. The number of hydrogen-bond acceptors (Lipinski definition) is 4. The standard InChI is InChI=1S/C11H15ClFNO3/c1-16-9-4-3-8(11(17-2)10(9)13)14-6-7(15)5-12/h3-4,7,14-15H,5-6H2,1-2H3. The Kier molecular flexibility index (Phi) is 5.31. The van der Waals surface area contributed by atoms with E-state index in [4.69, 9.17) is 21.1 Å². The van der Waals surface area contributed by atoms with Crippen molar-refractivity contribution in [3.63, 3.8) is 0 Å². The van der Waals surface area contributed by atoms with Crippen LogP contribution < -0.4 is 14.8 Å². The third-order valence-corrected chi connectivity index (χ3v) is 2.55. The molecule has 1 aromatic carbocycles. The molecule has 0 amide bonds. The van der Waals surface area contributed by atoms with Gasteiger partial charge in [-0.15, -0.1) is 11.6 Å². The predicted octanol–water partition coefficient (Wildman–Crippen LogP) is 1.85. The van der Waals surface area contributed by atoms with Gasteiger partial charge in [0, 0.05) is 6.54 Å². The Hall–Kier alpha value is -1.20. The van der Waals surface area contributed by atoms with Crippen molar-refractivity contribution in [1.29, 1.82) is 0 Å². The highest BCUT2D eigenvalue weighted by Gasteiger charge is 2.15. The van der Waals surface area contributed by atoms with E-state index in [1.807, 2.05) is 0 Å². The lowest BCUT2D eigenvalue weighted by Crippen LogP contribution is -2.21. The molecule has 0 aliphatic heterocycles. The van der Waals surface area contributed by atoms with Gasteiger partial charge in [-0.1, -0.05) is 0 Å². The minimum atomic E-state index is -0.702. The second kappa shape index (κ2) is 6.51. The third kappa shape index (κ3) is 3.38. The van der Waals surface area contributed by atoms with Crippen LogP contribution in [0.15, 0.2) is 12.1 Å². The topological polar surface area (TPSA) is 50.7 Å². The first kappa shape index (κ1) is 13.9. The van der Waals surface area contributed by atoms with Gasteiger partial charge in [-0.3, -0.25) is 0 Å². The lowest BCUT2D eigenvalue weighted by atomic mass is 10.2. The number of methoxy groups -OCH3 is 2. The molecular formula is C11H15ClFNO3. The van der Waals surface area contributed by atoms with Crippen molar-refractivity contribution in [3.05, 3.63) is 17.9 Å². The Morgan fingerprint density at radius 2 is 2.12 bits per heavy atom. The van der Waals surface area contributed by atoms with Crippen LogP contribution in [0.2, 0.25) is 0 Å². The monoisotopic (exact) mass is 263 g/mol. The zero-order chi connectivity index (χ0) is 12.8. The molecule has 0 saturated carbocycles. The van der Waals surface area contributed by atoms with Crippen LogP contribution in [0.5, 0.6) is 11.5 Å². The first-order valence-corrected chi connectivity index (χ1v) is 5.55. The molecule has 2 N–H and O–H groups in total. The predicted molar refractivity (Wildman–Crippen MR) is 64.7 cm³/mol. The average Bonchev–Trinajstić information content (AvgIpc) is 2.35. The summed E-state index contributed by atoms with van der Waals surface area (Å²) in [4.78, 5) is 0. The Balaban J connectivity index is 2.88. The molecule has 0 bridgehead atoms. The van der Waals surface area contributed by atoms with Gasteiger partial charge in [0.1, 0.15) is 0 Å². The molecule has 0 aliphatic rings. The third-order valence-electron chi connectivity index (χ3n) is 2.19. The smallest absolute Gasteiger partial charge is 0.208 e. The van der Waals surface area contributed by atoms with Gasteiger partial charge in [0.15, 0.2) is 11.5 Å². The molecule has 0 fully saturated rings. The van der Waals surface area contributed by atoms with E-state index in [0.29, 0.717) is 5.69 Å². The lowest BCUT2D eigenvalue weighted by Gasteiger charge is -2.15. The first-order chi connectivity index (χ1) is 8.13. The maximum atomic E-state index is 13.8. The molecule has 1 unspecified atom stereocenters. The fraction of sp³-hybridized carbons (Fsp3) is 0.455. The SMILES string of the molecule is COc1ccc(NCC(O)CCl)c(OC)c1F. The molecule has 0 saturated heterocycles. The second-order valence-corrected chi connectivity index (χ2v) is 3.66. The summed E-state index contributed by atoms with van der Waals surface area (Å²) in [5, 5.41) is 12.2. The molecule has 1 aromatic rings. The van der Waals surface area contributed by atoms with Crippen LogP contribution >= 0.6 is 11.6 Å². The van der Waals surface area contributed by atoms with Gasteiger partial charge in [-0.2, -0.15) is 4.39 Å². The van der Waals surface area contributed by atoms with E-state index in [-0.39, 0.29) is 23.9 Å². The number of aliphatic hydroxyl groups is 1. The number of hydrogen-bond donors (Lipinski definition) is 2. The fourth-order valence-corrected chi connectivity index (χ4v) is 1.43. The van der Waals surface area contributed by atoms with Gasteiger partial charge >= 0.3 is 0 Å². The maximum absolute atomic E-state index is 13.8. The normalized spacial score (nSPS) is 12.1. The largest absolute Gasteiger partial charge is 0.494 e. The van der Waals surface area contributed by atoms with Crippen molar-refractivity contribution in [3.8, 4) is 11.5 Å². The van der Waals surface area contributed by atoms with Gasteiger partial charge in [0.2, 0.25) is 5.82 Å². The minimum absolute atomic E-state index is 0.0473. The number of rotatable bonds is 6. The highest BCUT2D eigenvalue weighted by atomic mass is 35.5. The molecule has 96 valence electrons. The Bertz CT molecular complexity index is 376. The Morgan fingerprint density at radius 1 is 1.41 bits per heavy atom. The summed E-state index contributed by atoms with van der Waals surface area (Å²) in [5.41, 5.74) is 0.440. The lowest BCUT2D eigenvalue weighted by molar-refractivity contribution is 0.211. The molecule has 4 nitrogen and oxygen atoms in total. The maximum Gasteiger partial charge on any atom is 0.208 e. The number of halogens is 2. The van der Waals surface area contributed by atoms with E-state index in [1.54, 1.807) is 6.07 Å². The molecule has 0 heterocycles. The molecular weight excluding hydrogens is 249 g/mol. The summed E-state index contributed by atoms with van der Waals surface area (Å²) in [5.74, 6) is -0.328. The molecule has 0 aliphatic carbocycles. The molecule has 6 heteroatoms. The van der Waals surface area contributed by atoms with E-state index < -0.39 is 11.9 Å². The van der Waals surface area contributed by atoms with Gasteiger partial charge < -0.3 is 19.9 Å². The number of anilines is 1. The second-order valence-electron chi connectivity index (χ2n) is 3.35. The number of ether oxygens (including phenoxy) is 2. The van der Waals surface area contributed by atoms with Crippen molar-refractivity contribution in [1.82, 2.24) is 0 Å².